The average Bonchev–Trinajstić information content (AvgIpc) is 2.96. The van der Waals surface area contributed by atoms with Gasteiger partial charge in [-0.2, -0.15) is 26.3 Å². The average molecular weight is 604 g/mol. The molecule has 1 fully saturated rings. The molecular weight excluding hydrogens is 575 g/mol. The van der Waals surface area contributed by atoms with E-state index in [-0.39, 0.29) is 41.9 Å². The minimum Gasteiger partial charge on any atom is -0.469 e. The highest BCUT2D eigenvalue weighted by Gasteiger charge is 2.35. The predicted molar refractivity (Wildman–Crippen MR) is 147 cm³/mol. The van der Waals surface area contributed by atoms with Gasteiger partial charge in [-0.25, -0.2) is 9.97 Å². The first kappa shape index (κ1) is 32.2. The molecule has 4 rings (SSSR count). The zero-order valence-electron chi connectivity index (χ0n) is 23.3. The summed E-state index contributed by atoms with van der Waals surface area (Å²) in [6, 6.07) is 10.6. The highest BCUT2D eigenvalue weighted by molar-refractivity contribution is 6.64. The molecule has 0 N–H and O–H groups in total. The number of hydrogen-bond acceptors (Lipinski definition) is 6. The molecule has 2 heterocycles. The van der Waals surface area contributed by atoms with Crippen LogP contribution in [0.5, 0.6) is 0 Å². The number of benzene rings is 2. The number of ether oxygens (including phenoxy) is 1. The monoisotopic (exact) mass is 604 g/mol. The lowest BCUT2D eigenvalue weighted by Crippen LogP contribution is -2.36. The van der Waals surface area contributed by atoms with E-state index in [9.17, 15) is 35.9 Å². The minimum absolute atomic E-state index is 0.0251. The quantitative estimate of drug-likeness (QED) is 0.130. The number of esters is 1. The Morgan fingerprint density at radius 1 is 1.00 bits per heavy atom. The van der Waals surface area contributed by atoms with E-state index >= 15 is 0 Å². The lowest BCUT2D eigenvalue weighted by molar-refractivity contribution is -0.140. The van der Waals surface area contributed by atoms with Crippen LogP contribution in [0, 0.1) is 0 Å². The highest BCUT2D eigenvalue weighted by Crippen LogP contribution is 2.34. The summed E-state index contributed by atoms with van der Waals surface area (Å²) in [5.41, 5.74) is -0.00660. The molecule has 1 aromatic heterocycles. The SMILES string of the molecule is COC(=O)Cc1cc(C(F)(F)F)ccc1CCc1nc(Cc2ccc(C3CCN([B]C=O)CC3)cc2)ncc1C(F)(F)F. The molecular formula is C30H29BF6N3O3. The van der Waals surface area contributed by atoms with Crippen molar-refractivity contribution in [1.82, 2.24) is 14.8 Å². The highest BCUT2D eigenvalue weighted by atomic mass is 19.4. The molecule has 0 saturated carbocycles. The van der Waals surface area contributed by atoms with Crippen molar-refractivity contribution in [3.63, 3.8) is 0 Å². The van der Waals surface area contributed by atoms with Crippen molar-refractivity contribution in [2.24, 2.45) is 0 Å². The number of nitrogens with zero attached hydrogens (tertiary/aromatic N) is 3. The van der Waals surface area contributed by atoms with Gasteiger partial charge in [-0.1, -0.05) is 30.3 Å². The summed E-state index contributed by atoms with van der Waals surface area (Å²) >= 11 is 0. The number of piperidine rings is 1. The predicted octanol–water partition coefficient (Wildman–Crippen LogP) is 5.59. The fourth-order valence-electron chi connectivity index (χ4n) is 5.22. The Morgan fingerprint density at radius 2 is 1.70 bits per heavy atom. The molecule has 6 nitrogen and oxygen atoms in total. The van der Waals surface area contributed by atoms with E-state index in [1.165, 1.54) is 6.07 Å². The van der Waals surface area contributed by atoms with Gasteiger partial charge in [0.1, 0.15) is 5.82 Å². The number of methoxy groups -OCH3 is 1. The van der Waals surface area contributed by atoms with E-state index in [2.05, 4.69) is 14.7 Å². The van der Waals surface area contributed by atoms with Gasteiger partial charge in [-0.3, -0.25) is 4.79 Å². The van der Waals surface area contributed by atoms with Crippen molar-refractivity contribution in [1.29, 1.82) is 0 Å². The van der Waals surface area contributed by atoms with E-state index in [4.69, 9.17) is 0 Å². The van der Waals surface area contributed by atoms with Gasteiger partial charge in [-0.15, -0.1) is 0 Å². The molecule has 43 heavy (non-hydrogen) atoms. The summed E-state index contributed by atoms with van der Waals surface area (Å²) in [5.74, 6) is -0.252. The fraction of sp³-hybridized carbons (Fsp3) is 0.400. The Labute approximate surface area is 245 Å². The smallest absolute Gasteiger partial charge is 0.419 e. The van der Waals surface area contributed by atoms with Crippen LogP contribution in [-0.2, 0) is 52.4 Å². The molecule has 1 saturated heterocycles. The third-order valence-corrected chi connectivity index (χ3v) is 7.56. The Morgan fingerprint density at radius 3 is 2.30 bits per heavy atom. The van der Waals surface area contributed by atoms with Gasteiger partial charge in [0.15, 0.2) is 0 Å². The Balaban J connectivity index is 1.51. The molecule has 1 aliphatic rings. The number of hydrogen-bond donors (Lipinski definition) is 0. The van der Waals surface area contributed by atoms with E-state index < -0.39 is 35.9 Å². The minimum atomic E-state index is -4.73. The van der Waals surface area contributed by atoms with Crippen LogP contribution in [0.15, 0.2) is 48.7 Å². The van der Waals surface area contributed by atoms with Crippen LogP contribution >= 0.6 is 0 Å². The summed E-state index contributed by atoms with van der Waals surface area (Å²) in [5, 5.41) is 0. The Kier molecular flexibility index (Phi) is 10.3. The van der Waals surface area contributed by atoms with Gasteiger partial charge in [-0.05, 0) is 79.1 Å². The molecule has 2 aromatic carbocycles. The summed E-state index contributed by atoms with van der Waals surface area (Å²) in [6.45, 7) is 1.56. The van der Waals surface area contributed by atoms with Crippen LogP contribution in [0.3, 0.4) is 0 Å². The van der Waals surface area contributed by atoms with Crippen LogP contribution in [0.2, 0.25) is 0 Å². The molecule has 1 aliphatic heterocycles. The number of rotatable bonds is 10. The molecule has 0 amide bonds. The summed E-state index contributed by atoms with van der Waals surface area (Å²) in [7, 11) is 2.64. The first-order valence-corrected chi connectivity index (χ1v) is 13.7. The Bertz CT molecular complexity index is 1420. The van der Waals surface area contributed by atoms with Crippen LogP contribution in [0.4, 0.5) is 26.3 Å². The van der Waals surface area contributed by atoms with Crippen LogP contribution in [0.25, 0.3) is 0 Å². The van der Waals surface area contributed by atoms with E-state index in [0.717, 1.165) is 68.7 Å². The molecule has 0 atom stereocenters. The molecule has 0 bridgehead atoms. The summed E-state index contributed by atoms with van der Waals surface area (Å²) in [4.78, 5) is 32.7. The molecule has 13 heteroatoms. The number of aromatic nitrogens is 2. The molecule has 0 aliphatic carbocycles. The van der Waals surface area contributed by atoms with Crippen molar-refractivity contribution < 1.29 is 40.7 Å². The first-order chi connectivity index (χ1) is 20.4. The maximum atomic E-state index is 13.8. The second-order valence-electron chi connectivity index (χ2n) is 10.4. The topological polar surface area (TPSA) is 72.4 Å². The maximum absolute atomic E-state index is 13.8. The van der Waals surface area contributed by atoms with Crippen LogP contribution < -0.4 is 0 Å². The molecule has 0 spiro atoms. The van der Waals surface area contributed by atoms with E-state index in [0.29, 0.717) is 5.92 Å². The molecule has 0 unspecified atom stereocenters. The molecule has 1 radical (unpaired) electrons. The number of alkyl halides is 6. The Hall–Kier alpha value is -3.74. The van der Waals surface area contributed by atoms with Gasteiger partial charge < -0.3 is 14.3 Å². The van der Waals surface area contributed by atoms with Gasteiger partial charge in [0.25, 0.3) is 7.41 Å². The number of halogens is 6. The molecule has 227 valence electrons. The normalized spacial score (nSPS) is 14.9. The van der Waals surface area contributed by atoms with Gasteiger partial charge >= 0.3 is 18.3 Å². The van der Waals surface area contributed by atoms with Crippen LogP contribution in [0.1, 0.15) is 63.7 Å². The third kappa shape index (κ3) is 8.65. The zero-order chi connectivity index (χ0) is 31.2. The number of carbonyl (C=O) groups excluding carboxylic acids is 2. The lowest BCUT2D eigenvalue weighted by Gasteiger charge is -2.30. The standard InChI is InChI=1S/C30H29BF6N3O3/c1-43-28(42)16-23-15-24(29(32,33)34)8-6-21(23)7-9-26-25(30(35,36)37)17-38-27(39-26)14-19-2-4-20(5-3-19)22-10-12-40(13-11-22)31-18-41/h2-6,8,15,17-18,22H,7,9-14,16H2,1H3. The van der Waals surface area contributed by atoms with E-state index in [1.54, 1.807) is 7.41 Å². The van der Waals surface area contributed by atoms with Crippen LogP contribution in [-0.4, -0.2) is 54.5 Å². The van der Waals surface area contributed by atoms with Crippen molar-refractivity contribution in [2.75, 3.05) is 20.2 Å². The lowest BCUT2D eigenvalue weighted by atomic mass is 9.84. The number of carbonyl (C=O) groups is 2. The number of aryl methyl sites for hydroxylation is 2. The third-order valence-electron chi connectivity index (χ3n) is 7.56. The van der Waals surface area contributed by atoms with Crippen molar-refractivity contribution in [2.45, 2.75) is 56.8 Å². The summed E-state index contributed by atoms with van der Waals surface area (Å²) in [6.07, 6.45) is -6.66. The van der Waals surface area contributed by atoms with Crippen molar-refractivity contribution in [3.05, 3.63) is 93.6 Å². The molecule has 3 aromatic rings. The second-order valence-corrected chi connectivity index (χ2v) is 10.4. The largest absolute Gasteiger partial charge is 0.469 e. The first-order valence-electron chi connectivity index (χ1n) is 13.7. The summed E-state index contributed by atoms with van der Waals surface area (Å²) < 4.78 is 85.8. The fourth-order valence-corrected chi connectivity index (χ4v) is 5.22. The van der Waals surface area contributed by atoms with Crippen molar-refractivity contribution >= 4 is 19.6 Å². The zero-order valence-corrected chi connectivity index (χ0v) is 23.3. The van der Waals surface area contributed by atoms with Crippen molar-refractivity contribution in [3.8, 4) is 0 Å². The van der Waals surface area contributed by atoms with Gasteiger partial charge in [0.2, 0.25) is 0 Å². The van der Waals surface area contributed by atoms with Gasteiger partial charge in [0.05, 0.1) is 36.5 Å². The van der Waals surface area contributed by atoms with Gasteiger partial charge in [0, 0.05) is 12.6 Å². The maximum Gasteiger partial charge on any atom is 0.419 e. The second kappa shape index (κ2) is 13.7. The van der Waals surface area contributed by atoms with E-state index in [1.807, 2.05) is 29.1 Å².